The van der Waals surface area contributed by atoms with Crippen molar-refractivity contribution in [3.05, 3.63) is 23.8 Å². The topological polar surface area (TPSA) is 65.8 Å². The number of hydrogen-bond acceptors (Lipinski definition) is 5. The van der Waals surface area contributed by atoms with Gasteiger partial charge in [-0.3, -0.25) is 0 Å². The van der Waals surface area contributed by atoms with Gasteiger partial charge in [0, 0.05) is 36.9 Å². The van der Waals surface area contributed by atoms with Crippen LogP contribution in [0.2, 0.25) is 0 Å². The van der Waals surface area contributed by atoms with Gasteiger partial charge in [-0.05, 0) is 67.5 Å². The standard InChI is InChI=1S/C22H33N3O3/c1-15-14-25(20(26)28-22(6,7)8)16(2)13-24(15)18-10-9-17(12-23)19(11-18)27-21(3,4)5/h9-11,15-16H,13-14H2,1-8H3/t15-,16+/m0/s1. The molecule has 1 saturated heterocycles. The highest BCUT2D eigenvalue weighted by Crippen LogP contribution is 2.31. The number of nitrogens with zero attached hydrogens (tertiary/aromatic N) is 3. The van der Waals surface area contributed by atoms with Gasteiger partial charge in [-0.2, -0.15) is 5.26 Å². The van der Waals surface area contributed by atoms with E-state index in [9.17, 15) is 10.1 Å². The van der Waals surface area contributed by atoms with Gasteiger partial charge in [-0.1, -0.05) is 0 Å². The highest BCUT2D eigenvalue weighted by atomic mass is 16.6. The van der Waals surface area contributed by atoms with E-state index in [1.165, 1.54) is 0 Å². The van der Waals surface area contributed by atoms with Crippen molar-refractivity contribution in [1.29, 1.82) is 5.26 Å². The van der Waals surface area contributed by atoms with Crippen molar-refractivity contribution in [2.45, 2.75) is 78.7 Å². The summed E-state index contributed by atoms with van der Waals surface area (Å²) >= 11 is 0. The first kappa shape index (κ1) is 21.9. The zero-order chi connectivity index (χ0) is 21.3. The van der Waals surface area contributed by atoms with Crippen LogP contribution in [0.4, 0.5) is 10.5 Å². The summed E-state index contributed by atoms with van der Waals surface area (Å²) in [6.07, 6.45) is -0.275. The van der Waals surface area contributed by atoms with E-state index in [1.807, 2.05) is 60.6 Å². The SMILES string of the molecule is C[C@@H]1CN(c2ccc(C#N)c(OC(C)(C)C)c2)[C@@H](C)CN1C(=O)OC(C)(C)C. The molecule has 1 aliphatic rings. The number of carbonyl (C=O) groups excluding carboxylic acids is 1. The number of rotatable bonds is 2. The molecule has 1 amide bonds. The molecule has 0 spiro atoms. The van der Waals surface area contributed by atoms with Crippen LogP contribution in [0.5, 0.6) is 5.75 Å². The van der Waals surface area contributed by atoms with Gasteiger partial charge in [-0.15, -0.1) is 0 Å². The summed E-state index contributed by atoms with van der Waals surface area (Å²) in [7, 11) is 0. The van der Waals surface area contributed by atoms with Crippen LogP contribution in [0.25, 0.3) is 0 Å². The quantitative estimate of drug-likeness (QED) is 0.744. The lowest BCUT2D eigenvalue weighted by atomic mass is 10.1. The molecule has 1 aliphatic heterocycles. The normalized spacial score (nSPS) is 20.5. The zero-order valence-corrected chi connectivity index (χ0v) is 18.4. The Morgan fingerprint density at radius 1 is 1.07 bits per heavy atom. The molecule has 0 radical (unpaired) electrons. The van der Waals surface area contributed by atoms with Gasteiger partial charge in [0.2, 0.25) is 0 Å². The first-order valence-corrected chi connectivity index (χ1v) is 9.80. The Hall–Kier alpha value is -2.42. The second-order valence-electron chi connectivity index (χ2n) is 9.49. The molecule has 0 aromatic heterocycles. The second-order valence-corrected chi connectivity index (χ2v) is 9.49. The van der Waals surface area contributed by atoms with E-state index in [0.717, 1.165) is 5.69 Å². The summed E-state index contributed by atoms with van der Waals surface area (Å²) in [6.45, 7) is 16.9. The van der Waals surface area contributed by atoms with Gasteiger partial charge < -0.3 is 19.3 Å². The summed E-state index contributed by atoms with van der Waals surface area (Å²) in [6, 6.07) is 7.99. The Morgan fingerprint density at radius 3 is 2.25 bits per heavy atom. The Kier molecular flexibility index (Phi) is 6.18. The van der Waals surface area contributed by atoms with Crippen LogP contribution >= 0.6 is 0 Å². The Morgan fingerprint density at radius 2 is 1.71 bits per heavy atom. The number of nitriles is 1. The minimum absolute atomic E-state index is 0.00804. The van der Waals surface area contributed by atoms with Gasteiger partial charge in [0.25, 0.3) is 0 Å². The van der Waals surface area contributed by atoms with Crippen molar-refractivity contribution in [3.63, 3.8) is 0 Å². The largest absolute Gasteiger partial charge is 0.487 e. The van der Waals surface area contributed by atoms with Crippen LogP contribution in [0.1, 0.15) is 61.0 Å². The predicted molar refractivity (Wildman–Crippen MR) is 111 cm³/mol. The van der Waals surface area contributed by atoms with Crippen molar-refractivity contribution in [2.75, 3.05) is 18.0 Å². The van der Waals surface area contributed by atoms with Crippen LogP contribution in [0, 0.1) is 11.3 Å². The Labute approximate surface area is 169 Å². The average Bonchev–Trinajstić information content (AvgIpc) is 2.53. The van der Waals surface area contributed by atoms with Gasteiger partial charge in [-0.25, -0.2) is 4.79 Å². The van der Waals surface area contributed by atoms with Crippen molar-refractivity contribution in [1.82, 2.24) is 4.90 Å². The molecular weight excluding hydrogens is 354 g/mol. The van der Waals surface area contributed by atoms with Gasteiger partial charge in [0.1, 0.15) is 23.0 Å². The van der Waals surface area contributed by atoms with Crippen LogP contribution in [-0.2, 0) is 4.74 Å². The van der Waals surface area contributed by atoms with E-state index in [1.54, 1.807) is 11.0 Å². The summed E-state index contributed by atoms with van der Waals surface area (Å²) in [5.74, 6) is 0.585. The number of anilines is 1. The lowest BCUT2D eigenvalue weighted by Crippen LogP contribution is -2.59. The fourth-order valence-corrected chi connectivity index (χ4v) is 3.26. The fourth-order valence-electron chi connectivity index (χ4n) is 3.26. The van der Waals surface area contributed by atoms with Crippen LogP contribution in [-0.4, -0.2) is 47.4 Å². The van der Waals surface area contributed by atoms with Crippen molar-refractivity contribution < 1.29 is 14.3 Å². The maximum Gasteiger partial charge on any atom is 0.410 e. The lowest BCUT2D eigenvalue weighted by Gasteiger charge is -2.45. The van der Waals surface area contributed by atoms with Gasteiger partial charge >= 0.3 is 6.09 Å². The molecule has 6 heteroatoms. The summed E-state index contributed by atoms with van der Waals surface area (Å²) in [5, 5.41) is 9.40. The summed E-state index contributed by atoms with van der Waals surface area (Å²) in [4.78, 5) is 16.6. The average molecular weight is 388 g/mol. The first-order valence-electron chi connectivity index (χ1n) is 9.80. The zero-order valence-electron chi connectivity index (χ0n) is 18.4. The molecule has 1 aromatic rings. The minimum Gasteiger partial charge on any atom is -0.487 e. The number of amides is 1. The monoisotopic (exact) mass is 387 g/mol. The highest BCUT2D eigenvalue weighted by Gasteiger charge is 2.34. The van der Waals surface area contributed by atoms with Gasteiger partial charge in [0.15, 0.2) is 0 Å². The molecule has 154 valence electrons. The molecular formula is C22H33N3O3. The molecule has 2 atom stereocenters. The molecule has 0 bridgehead atoms. The van der Waals surface area contributed by atoms with E-state index < -0.39 is 11.2 Å². The smallest absolute Gasteiger partial charge is 0.410 e. The minimum atomic E-state index is -0.510. The van der Waals surface area contributed by atoms with Gasteiger partial charge in [0.05, 0.1) is 5.56 Å². The number of carbonyl (C=O) groups is 1. The van der Waals surface area contributed by atoms with E-state index in [4.69, 9.17) is 9.47 Å². The van der Waals surface area contributed by atoms with Crippen molar-refractivity contribution >= 4 is 11.8 Å². The third-order valence-corrected chi connectivity index (χ3v) is 4.45. The summed E-state index contributed by atoms with van der Waals surface area (Å²) in [5.41, 5.74) is 0.607. The van der Waals surface area contributed by atoms with Crippen molar-refractivity contribution in [3.8, 4) is 11.8 Å². The van der Waals surface area contributed by atoms with Crippen LogP contribution in [0.3, 0.4) is 0 Å². The molecule has 0 N–H and O–H groups in total. The van der Waals surface area contributed by atoms with E-state index in [2.05, 4.69) is 17.9 Å². The van der Waals surface area contributed by atoms with Crippen LogP contribution in [0.15, 0.2) is 18.2 Å². The Bertz CT molecular complexity index is 756. The highest BCUT2D eigenvalue weighted by molar-refractivity contribution is 5.69. The maximum atomic E-state index is 12.5. The van der Waals surface area contributed by atoms with E-state index >= 15 is 0 Å². The molecule has 0 unspecified atom stereocenters. The third kappa shape index (κ3) is 5.54. The number of ether oxygens (including phenoxy) is 2. The number of hydrogen-bond donors (Lipinski definition) is 0. The second kappa shape index (κ2) is 7.90. The molecule has 0 aliphatic carbocycles. The number of benzene rings is 1. The van der Waals surface area contributed by atoms with E-state index in [-0.39, 0.29) is 18.2 Å². The fraction of sp³-hybridized carbons (Fsp3) is 0.636. The molecule has 1 fully saturated rings. The molecule has 6 nitrogen and oxygen atoms in total. The molecule has 1 aromatic carbocycles. The third-order valence-electron chi connectivity index (χ3n) is 4.45. The molecule has 0 saturated carbocycles. The lowest BCUT2D eigenvalue weighted by molar-refractivity contribution is 0.0130. The van der Waals surface area contributed by atoms with E-state index in [0.29, 0.717) is 24.4 Å². The predicted octanol–water partition coefficient (Wildman–Crippen LogP) is 4.57. The number of piperazine rings is 1. The molecule has 2 rings (SSSR count). The molecule has 28 heavy (non-hydrogen) atoms. The van der Waals surface area contributed by atoms with Crippen LogP contribution < -0.4 is 9.64 Å². The van der Waals surface area contributed by atoms with Crippen molar-refractivity contribution in [2.24, 2.45) is 0 Å². The first-order chi connectivity index (χ1) is 12.8. The molecule has 1 heterocycles. The summed E-state index contributed by atoms with van der Waals surface area (Å²) < 4.78 is 11.6. The Balaban J connectivity index is 2.23. The maximum absolute atomic E-state index is 12.5.